The van der Waals surface area contributed by atoms with E-state index in [0.717, 1.165) is 4.47 Å². The van der Waals surface area contributed by atoms with Crippen LogP contribution >= 0.6 is 55.2 Å². The number of benzene rings is 2. The highest BCUT2D eigenvalue weighted by atomic mass is 79.9. The Bertz CT molecular complexity index is 1160. The number of aromatic nitrogens is 1. The SMILES string of the molecule is CSc1c(C(C)=O)c(=O)c2c(Cl)ccc(Br)c2n1C(=O)c1ccc(Br)cc1. The molecule has 0 atom stereocenters. The number of rotatable bonds is 3. The van der Waals surface area contributed by atoms with E-state index in [1.807, 2.05) is 0 Å². The molecule has 3 rings (SSSR count). The van der Waals surface area contributed by atoms with Gasteiger partial charge in [-0.25, -0.2) is 0 Å². The molecule has 0 unspecified atom stereocenters. The summed E-state index contributed by atoms with van der Waals surface area (Å²) >= 11 is 14.2. The number of nitrogens with zero attached hydrogens (tertiary/aromatic N) is 1. The Balaban J connectivity index is 2.53. The third-order valence-corrected chi connectivity index (χ3v) is 6.27. The number of hydrogen-bond acceptors (Lipinski definition) is 4. The lowest BCUT2D eigenvalue weighted by Crippen LogP contribution is -2.25. The molecule has 4 nitrogen and oxygen atoms in total. The lowest BCUT2D eigenvalue weighted by atomic mass is 10.1. The van der Waals surface area contributed by atoms with Gasteiger partial charge in [-0.05, 0) is 65.5 Å². The standard InChI is InChI=1S/C19H12Br2ClNO3S/c1-9(24)14-17(25)15-13(22)8-7-12(21)16(15)23(19(14)27-2)18(26)10-3-5-11(20)6-4-10/h3-8H,1-2H3. The van der Waals surface area contributed by atoms with Crippen molar-refractivity contribution in [3.05, 3.63) is 71.7 Å². The summed E-state index contributed by atoms with van der Waals surface area (Å²) < 4.78 is 2.76. The molecule has 0 amide bonds. The van der Waals surface area contributed by atoms with Crippen LogP contribution in [0, 0.1) is 0 Å². The van der Waals surface area contributed by atoms with Gasteiger partial charge in [0.05, 0.1) is 26.5 Å². The minimum atomic E-state index is -0.479. The number of hydrogen-bond donors (Lipinski definition) is 0. The van der Waals surface area contributed by atoms with Crippen LogP contribution in [0.25, 0.3) is 10.9 Å². The molecule has 138 valence electrons. The highest BCUT2D eigenvalue weighted by Gasteiger charge is 2.26. The molecular weight excluding hydrogens is 518 g/mol. The van der Waals surface area contributed by atoms with Crippen LogP contribution in [-0.4, -0.2) is 22.5 Å². The molecule has 2 aromatic carbocycles. The molecule has 0 spiro atoms. The van der Waals surface area contributed by atoms with E-state index in [4.69, 9.17) is 11.6 Å². The number of pyridine rings is 1. The van der Waals surface area contributed by atoms with Crippen LogP contribution in [0.4, 0.5) is 0 Å². The van der Waals surface area contributed by atoms with Gasteiger partial charge in [0.1, 0.15) is 0 Å². The summed E-state index contributed by atoms with van der Waals surface area (Å²) in [7, 11) is 0. The normalized spacial score (nSPS) is 11.0. The number of thioether (sulfide) groups is 1. The maximum absolute atomic E-state index is 13.4. The van der Waals surface area contributed by atoms with E-state index in [2.05, 4.69) is 31.9 Å². The Morgan fingerprint density at radius 3 is 2.26 bits per heavy atom. The second kappa shape index (κ2) is 7.91. The van der Waals surface area contributed by atoms with E-state index in [9.17, 15) is 14.4 Å². The summed E-state index contributed by atoms with van der Waals surface area (Å²) in [5.41, 5.74) is 0.239. The molecule has 0 N–H and O–H groups in total. The van der Waals surface area contributed by atoms with Crippen LogP contribution in [0.3, 0.4) is 0 Å². The smallest absolute Gasteiger partial charge is 0.263 e. The number of halogens is 3. The van der Waals surface area contributed by atoms with Crippen LogP contribution in [0.1, 0.15) is 27.6 Å². The fraction of sp³-hybridized carbons (Fsp3) is 0.105. The molecule has 0 aliphatic heterocycles. The first-order valence-corrected chi connectivity index (χ1v) is 10.9. The van der Waals surface area contributed by atoms with Crippen LogP contribution in [0.15, 0.2) is 55.2 Å². The predicted octanol–water partition coefficient (Wildman–Crippen LogP) is 5.79. The minimum absolute atomic E-state index is 0.0412. The molecule has 0 fully saturated rings. The number of carbonyl (C=O) groups is 2. The average Bonchev–Trinajstić information content (AvgIpc) is 2.63. The van der Waals surface area contributed by atoms with Crippen molar-refractivity contribution in [1.29, 1.82) is 0 Å². The molecule has 0 aliphatic rings. The Labute approximate surface area is 181 Å². The maximum atomic E-state index is 13.4. The molecule has 0 saturated heterocycles. The van der Waals surface area contributed by atoms with Crippen molar-refractivity contribution >= 4 is 77.8 Å². The van der Waals surface area contributed by atoms with Crippen molar-refractivity contribution < 1.29 is 9.59 Å². The fourth-order valence-electron chi connectivity index (χ4n) is 2.83. The molecule has 0 saturated carbocycles. The lowest BCUT2D eigenvalue weighted by Gasteiger charge is -2.18. The van der Waals surface area contributed by atoms with Gasteiger partial charge in [0.15, 0.2) is 5.78 Å². The first-order valence-electron chi connectivity index (χ1n) is 7.69. The summed E-state index contributed by atoms with van der Waals surface area (Å²) in [5.74, 6) is -0.776. The number of ketones is 1. The molecule has 1 aromatic heterocycles. The predicted molar refractivity (Wildman–Crippen MR) is 117 cm³/mol. The van der Waals surface area contributed by atoms with Crippen molar-refractivity contribution in [3.63, 3.8) is 0 Å². The number of carbonyl (C=O) groups excluding carboxylic acids is 2. The largest absolute Gasteiger partial charge is 0.294 e. The zero-order valence-corrected chi connectivity index (χ0v) is 18.9. The van der Waals surface area contributed by atoms with Crippen molar-refractivity contribution in [1.82, 2.24) is 4.57 Å². The number of fused-ring (bicyclic) bond motifs is 1. The van der Waals surface area contributed by atoms with Crippen molar-refractivity contribution in [2.24, 2.45) is 0 Å². The Hall–Kier alpha value is -1.41. The fourth-order valence-corrected chi connectivity index (χ4v) is 4.64. The van der Waals surface area contributed by atoms with Crippen LogP contribution < -0.4 is 5.43 Å². The zero-order valence-electron chi connectivity index (χ0n) is 14.2. The van der Waals surface area contributed by atoms with Gasteiger partial charge in [0.2, 0.25) is 5.43 Å². The quantitative estimate of drug-likeness (QED) is 0.318. The van der Waals surface area contributed by atoms with Crippen molar-refractivity contribution in [3.8, 4) is 0 Å². The molecule has 8 heteroatoms. The van der Waals surface area contributed by atoms with Crippen LogP contribution in [0.5, 0.6) is 0 Å². The summed E-state index contributed by atoms with van der Waals surface area (Å²) in [6, 6.07) is 10.1. The monoisotopic (exact) mass is 527 g/mol. The van der Waals surface area contributed by atoms with Crippen LogP contribution in [0.2, 0.25) is 5.02 Å². The molecule has 1 heterocycles. The first-order chi connectivity index (χ1) is 12.8. The van der Waals surface area contributed by atoms with Crippen molar-refractivity contribution in [2.45, 2.75) is 11.9 Å². The molecular formula is C19H12Br2ClNO3S. The zero-order chi connectivity index (χ0) is 19.9. The van der Waals surface area contributed by atoms with Gasteiger partial charge in [-0.1, -0.05) is 27.5 Å². The summed E-state index contributed by atoms with van der Waals surface area (Å²) in [5, 5.41) is 0.612. The lowest BCUT2D eigenvalue weighted by molar-refractivity contribution is 0.0953. The maximum Gasteiger partial charge on any atom is 0.263 e. The van der Waals surface area contributed by atoms with E-state index in [0.29, 0.717) is 15.6 Å². The summed E-state index contributed by atoms with van der Waals surface area (Å²) in [6.07, 6.45) is 1.72. The van der Waals surface area contributed by atoms with E-state index in [-0.39, 0.29) is 26.9 Å². The minimum Gasteiger partial charge on any atom is -0.294 e. The van der Waals surface area contributed by atoms with Crippen molar-refractivity contribution in [2.75, 3.05) is 6.26 Å². The summed E-state index contributed by atoms with van der Waals surface area (Å²) in [6.45, 7) is 1.31. The van der Waals surface area contributed by atoms with Gasteiger partial charge >= 0.3 is 0 Å². The molecule has 0 radical (unpaired) electrons. The van der Waals surface area contributed by atoms with Gasteiger partial charge in [-0.3, -0.25) is 19.0 Å². The molecule has 0 aliphatic carbocycles. The molecule has 0 bridgehead atoms. The van der Waals surface area contributed by atoms with E-state index in [1.54, 1.807) is 42.7 Å². The Kier molecular flexibility index (Phi) is 5.96. The van der Waals surface area contributed by atoms with Gasteiger partial charge in [0.25, 0.3) is 5.91 Å². The van der Waals surface area contributed by atoms with E-state index in [1.165, 1.54) is 23.3 Å². The van der Waals surface area contributed by atoms with E-state index >= 15 is 0 Å². The van der Waals surface area contributed by atoms with Crippen LogP contribution in [-0.2, 0) is 0 Å². The first kappa shape index (κ1) is 20.3. The Morgan fingerprint density at radius 2 is 1.70 bits per heavy atom. The molecule has 3 aromatic rings. The Morgan fingerprint density at radius 1 is 1.07 bits per heavy atom. The van der Waals surface area contributed by atoms with E-state index < -0.39 is 11.2 Å². The average molecular weight is 530 g/mol. The second-order valence-electron chi connectivity index (χ2n) is 5.67. The third-order valence-electron chi connectivity index (χ3n) is 4.01. The second-order valence-corrected chi connectivity index (χ2v) is 8.64. The summed E-state index contributed by atoms with van der Waals surface area (Å²) in [4.78, 5) is 38.6. The van der Waals surface area contributed by atoms with Gasteiger partial charge in [-0.15, -0.1) is 11.8 Å². The van der Waals surface area contributed by atoms with Gasteiger partial charge in [0, 0.05) is 14.5 Å². The van der Waals surface area contributed by atoms with Gasteiger partial charge in [-0.2, -0.15) is 0 Å². The third kappa shape index (κ3) is 3.53. The molecule has 27 heavy (non-hydrogen) atoms. The highest BCUT2D eigenvalue weighted by molar-refractivity contribution is 9.11. The highest BCUT2D eigenvalue weighted by Crippen LogP contribution is 2.33. The number of Topliss-reactive ketones (excluding diaryl/α,β-unsaturated/α-hetero) is 1. The topological polar surface area (TPSA) is 56.1 Å². The van der Waals surface area contributed by atoms with Gasteiger partial charge < -0.3 is 0 Å².